The maximum Gasteiger partial charge on any atom is 0.251 e. The standard InChI is InChI=1S/C27H35FN4O5/c1-5-20-17(3)30-23(24-13-19(37-31-24)8-7-11-32(6-2)26(34)16-33)14-21(20)27(35)29-15-18-9-10-22(28)25(12-18)36-4/h9-10,12,14,19,33H,5-8,11,13,15-16H2,1-4H3,(H,29,35). The molecule has 3 rings (SSSR count). The summed E-state index contributed by atoms with van der Waals surface area (Å²) in [5, 5.41) is 16.2. The zero-order valence-corrected chi connectivity index (χ0v) is 21.8. The van der Waals surface area contributed by atoms with Gasteiger partial charge in [-0.25, -0.2) is 4.39 Å². The van der Waals surface area contributed by atoms with Gasteiger partial charge in [-0.1, -0.05) is 18.1 Å². The number of pyridine rings is 1. The van der Waals surface area contributed by atoms with Gasteiger partial charge >= 0.3 is 0 Å². The van der Waals surface area contributed by atoms with E-state index in [1.54, 1.807) is 23.1 Å². The zero-order valence-electron chi connectivity index (χ0n) is 21.8. The van der Waals surface area contributed by atoms with E-state index in [0.29, 0.717) is 49.3 Å². The molecule has 1 aromatic heterocycles. The Balaban J connectivity index is 1.66. The molecule has 1 aromatic carbocycles. The third kappa shape index (κ3) is 7.03. The summed E-state index contributed by atoms with van der Waals surface area (Å²) in [6, 6.07) is 6.22. The number of methoxy groups -OCH3 is 1. The molecule has 2 heterocycles. The van der Waals surface area contributed by atoms with Gasteiger partial charge in [0.05, 0.1) is 12.8 Å². The number of rotatable bonds is 12. The minimum Gasteiger partial charge on any atom is -0.494 e. The van der Waals surface area contributed by atoms with E-state index in [1.165, 1.54) is 13.2 Å². The fraction of sp³-hybridized carbons (Fsp3) is 0.481. The van der Waals surface area contributed by atoms with Crippen molar-refractivity contribution in [3.8, 4) is 5.75 Å². The van der Waals surface area contributed by atoms with Crippen molar-refractivity contribution >= 4 is 17.5 Å². The Bertz CT molecular complexity index is 1150. The van der Waals surface area contributed by atoms with Crippen LogP contribution in [0, 0.1) is 12.7 Å². The Labute approximate surface area is 216 Å². The van der Waals surface area contributed by atoms with Gasteiger partial charge in [0.15, 0.2) is 11.6 Å². The number of halogens is 1. The molecule has 0 bridgehead atoms. The third-order valence-corrected chi connectivity index (χ3v) is 6.45. The molecule has 2 N–H and O–H groups in total. The van der Waals surface area contributed by atoms with Crippen molar-refractivity contribution in [2.45, 2.75) is 59.1 Å². The van der Waals surface area contributed by atoms with E-state index in [-0.39, 0.29) is 30.2 Å². The number of benzene rings is 1. The molecule has 2 aromatic rings. The van der Waals surface area contributed by atoms with Gasteiger partial charge in [-0.3, -0.25) is 14.6 Å². The fourth-order valence-corrected chi connectivity index (χ4v) is 4.39. The number of amides is 2. The van der Waals surface area contributed by atoms with E-state index >= 15 is 0 Å². The van der Waals surface area contributed by atoms with E-state index in [2.05, 4.69) is 15.5 Å². The second-order valence-corrected chi connectivity index (χ2v) is 8.87. The van der Waals surface area contributed by atoms with E-state index in [1.807, 2.05) is 20.8 Å². The van der Waals surface area contributed by atoms with Gasteiger partial charge in [-0.2, -0.15) is 0 Å². The van der Waals surface area contributed by atoms with E-state index in [4.69, 9.17) is 14.7 Å². The van der Waals surface area contributed by atoms with Gasteiger partial charge in [0.1, 0.15) is 18.4 Å². The molecular weight excluding hydrogens is 479 g/mol. The summed E-state index contributed by atoms with van der Waals surface area (Å²) in [6.45, 7) is 6.52. The molecule has 9 nitrogen and oxygen atoms in total. The minimum absolute atomic E-state index is 0.124. The zero-order chi connectivity index (χ0) is 26.9. The second kappa shape index (κ2) is 13.1. The highest BCUT2D eigenvalue weighted by atomic mass is 19.1. The lowest BCUT2D eigenvalue weighted by atomic mass is 9.99. The van der Waals surface area contributed by atoms with Crippen LogP contribution in [0.3, 0.4) is 0 Å². The molecule has 0 saturated heterocycles. The normalized spacial score (nSPS) is 14.6. The number of hydrogen-bond acceptors (Lipinski definition) is 7. The molecule has 1 aliphatic heterocycles. The number of aromatic nitrogens is 1. The molecule has 2 amide bonds. The summed E-state index contributed by atoms with van der Waals surface area (Å²) in [5.41, 5.74) is 4.10. The monoisotopic (exact) mass is 514 g/mol. The Hall–Kier alpha value is -3.53. The van der Waals surface area contributed by atoms with Crippen molar-refractivity contribution in [2.75, 3.05) is 26.8 Å². The second-order valence-electron chi connectivity index (χ2n) is 8.87. The Morgan fingerprint density at radius 2 is 2.08 bits per heavy atom. The number of hydrogen-bond donors (Lipinski definition) is 2. The summed E-state index contributed by atoms with van der Waals surface area (Å²) in [4.78, 5) is 36.8. The highest BCUT2D eigenvalue weighted by Gasteiger charge is 2.25. The van der Waals surface area contributed by atoms with Crippen LogP contribution >= 0.6 is 0 Å². The number of aliphatic hydroxyl groups excluding tert-OH is 1. The first-order chi connectivity index (χ1) is 17.8. The smallest absolute Gasteiger partial charge is 0.251 e. The van der Waals surface area contributed by atoms with Crippen molar-refractivity contribution in [2.24, 2.45) is 5.16 Å². The lowest BCUT2D eigenvalue weighted by Gasteiger charge is -2.20. The Kier molecular flexibility index (Phi) is 9.96. The van der Waals surface area contributed by atoms with Crippen LogP contribution in [-0.2, 0) is 22.6 Å². The fourth-order valence-electron chi connectivity index (χ4n) is 4.39. The summed E-state index contributed by atoms with van der Waals surface area (Å²) in [5.74, 6) is -0.873. The average Bonchev–Trinajstić information content (AvgIpc) is 3.38. The van der Waals surface area contributed by atoms with E-state index in [9.17, 15) is 14.0 Å². The first kappa shape index (κ1) is 28.0. The first-order valence-electron chi connectivity index (χ1n) is 12.5. The summed E-state index contributed by atoms with van der Waals surface area (Å²) < 4.78 is 18.7. The van der Waals surface area contributed by atoms with Gasteiger partial charge in [-0.15, -0.1) is 0 Å². The van der Waals surface area contributed by atoms with Crippen LogP contribution < -0.4 is 10.1 Å². The van der Waals surface area contributed by atoms with Gasteiger partial charge in [-0.05, 0) is 62.4 Å². The molecule has 0 radical (unpaired) electrons. The first-order valence-corrected chi connectivity index (χ1v) is 12.5. The van der Waals surface area contributed by atoms with Gasteiger partial charge in [0, 0.05) is 37.3 Å². The molecule has 0 aliphatic carbocycles. The number of oxime groups is 1. The summed E-state index contributed by atoms with van der Waals surface area (Å²) >= 11 is 0. The predicted octanol–water partition coefficient (Wildman–Crippen LogP) is 3.14. The van der Waals surface area contributed by atoms with Gasteiger partial charge in [0.25, 0.3) is 5.91 Å². The van der Waals surface area contributed by atoms with Crippen LogP contribution in [-0.4, -0.2) is 65.4 Å². The summed E-state index contributed by atoms with van der Waals surface area (Å²) in [7, 11) is 1.40. The van der Waals surface area contributed by atoms with Crippen molar-refractivity contribution in [3.63, 3.8) is 0 Å². The maximum atomic E-state index is 13.7. The Morgan fingerprint density at radius 1 is 1.30 bits per heavy atom. The molecule has 37 heavy (non-hydrogen) atoms. The van der Waals surface area contributed by atoms with Crippen LogP contribution in [0.1, 0.15) is 66.0 Å². The average molecular weight is 515 g/mol. The third-order valence-electron chi connectivity index (χ3n) is 6.45. The van der Waals surface area contributed by atoms with Crippen molar-refractivity contribution in [1.29, 1.82) is 0 Å². The molecule has 1 aliphatic rings. The molecule has 1 atom stereocenters. The molecule has 0 spiro atoms. The number of aliphatic hydroxyl groups is 1. The molecule has 1 unspecified atom stereocenters. The quantitative estimate of drug-likeness (QED) is 0.450. The molecule has 0 saturated carbocycles. The lowest BCUT2D eigenvalue weighted by Crippen LogP contribution is -2.34. The maximum absolute atomic E-state index is 13.7. The van der Waals surface area contributed by atoms with Gasteiger partial charge in [0.2, 0.25) is 5.91 Å². The van der Waals surface area contributed by atoms with E-state index in [0.717, 1.165) is 23.2 Å². The SMILES string of the molecule is CCc1c(C(=O)NCc2ccc(F)c(OC)c2)cc(C2=NOC(CCCN(CC)C(=O)CO)C2)nc1C. The topological polar surface area (TPSA) is 113 Å². The predicted molar refractivity (Wildman–Crippen MR) is 137 cm³/mol. The number of carbonyl (C=O) groups excluding carboxylic acids is 2. The van der Waals surface area contributed by atoms with Crippen molar-refractivity contribution in [3.05, 3.63) is 58.2 Å². The molecule has 200 valence electrons. The van der Waals surface area contributed by atoms with Crippen LogP contribution in [0.15, 0.2) is 29.4 Å². The highest BCUT2D eigenvalue weighted by Crippen LogP contribution is 2.23. The van der Waals surface area contributed by atoms with Crippen LogP contribution in [0.5, 0.6) is 5.75 Å². The van der Waals surface area contributed by atoms with Crippen molar-refractivity contribution in [1.82, 2.24) is 15.2 Å². The molecule has 0 fully saturated rings. The largest absolute Gasteiger partial charge is 0.494 e. The number of ether oxygens (including phenoxy) is 1. The summed E-state index contributed by atoms with van der Waals surface area (Å²) in [6.07, 6.45) is 2.46. The minimum atomic E-state index is -0.492. The molecular formula is C27H35FN4O5. The van der Waals surface area contributed by atoms with Crippen LogP contribution in [0.4, 0.5) is 4.39 Å². The number of aryl methyl sites for hydroxylation is 1. The Morgan fingerprint density at radius 3 is 2.76 bits per heavy atom. The van der Waals surface area contributed by atoms with Crippen molar-refractivity contribution < 1.29 is 28.7 Å². The highest BCUT2D eigenvalue weighted by molar-refractivity contribution is 6.03. The van der Waals surface area contributed by atoms with Crippen LogP contribution in [0.25, 0.3) is 0 Å². The number of carbonyl (C=O) groups is 2. The molecule has 10 heteroatoms. The number of likely N-dealkylation sites (N-methyl/N-ethyl adjacent to an activating group) is 1. The van der Waals surface area contributed by atoms with E-state index < -0.39 is 12.4 Å². The lowest BCUT2D eigenvalue weighted by molar-refractivity contribution is -0.134. The number of nitrogens with one attached hydrogen (secondary N) is 1. The number of nitrogens with zero attached hydrogens (tertiary/aromatic N) is 3. The van der Waals surface area contributed by atoms with Crippen LogP contribution in [0.2, 0.25) is 0 Å². The van der Waals surface area contributed by atoms with Gasteiger partial charge < -0.3 is 24.9 Å².